The number of hydrogen-bond acceptors (Lipinski definition) is 4. The zero-order valence-corrected chi connectivity index (χ0v) is 12.8. The van der Waals surface area contributed by atoms with Gasteiger partial charge in [-0.3, -0.25) is 0 Å². The van der Waals surface area contributed by atoms with Crippen LogP contribution >= 0.6 is 0 Å². The molecule has 4 nitrogen and oxygen atoms in total. The van der Waals surface area contributed by atoms with Gasteiger partial charge >= 0.3 is 0 Å². The highest BCUT2D eigenvalue weighted by Gasteiger charge is 2.16. The first-order valence-electron chi connectivity index (χ1n) is 6.85. The van der Waals surface area contributed by atoms with Crippen molar-refractivity contribution in [1.29, 1.82) is 0 Å². The lowest BCUT2D eigenvalue weighted by Gasteiger charge is -2.19. The SMILES string of the molecule is CNC(C)c1c(OC)cccc1Oc1cccc(OC)c1. The molecule has 0 heterocycles. The van der Waals surface area contributed by atoms with Gasteiger partial charge in [-0.05, 0) is 38.2 Å². The lowest BCUT2D eigenvalue weighted by atomic mass is 10.1. The Kier molecular flexibility index (Phi) is 5.06. The summed E-state index contributed by atoms with van der Waals surface area (Å²) in [4.78, 5) is 0. The first-order chi connectivity index (χ1) is 10.2. The molecule has 0 radical (unpaired) electrons. The van der Waals surface area contributed by atoms with Gasteiger partial charge in [0.2, 0.25) is 0 Å². The molecule has 0 spiro atoms. The second-order valence-electron chi connectivity index (χ2n) is 4.66. The smallest absolute Gasteiger partial charge is 0.135 e. The van der Waals surface area contributed by atoms with Crippen LogP contribution in [0.3, 0.4) is 0 Å². The molecular weight excluding hydrogens is 266 g/mol. The van der Waals surface area contributed by atoms with Crippen molar-refractivity contribution in [1.82, 2.24) is 5.32 Å². The predicted octanol–water partition coefficient (Wildman–Crippen LogP) is 3.78. The van der Waals surface area contributed by atoms with Crippen LogP contribution in [-0.2, 0) is 0 Å². The lowest BCUT2D eigenvalue weighted by molar-refractivity contribution is 0.391. The van der Waals surface area contributed by atoms with Crippen molar-refractivity contribution in [2.24, 2.45) is 0 Å². The number of methoxy groups -OCH3 is 2. The summed E-state index contributed by atoms with van der Waals surface area (Å²) in [5, 5.41) is 3.22. The van der Waals surface area contributed by atoms with Gasteiger partial charge in [-0.2, -0.15) is 0 Å². The molecule has 0 bridgehead atoms. The molecule has 1 N–H and O–H groups in total. The van der Waals surface area contributed by atoms with E-state index in [-0.39, 0.29) is 6.04 Å². The van der Waals surface area contributed by atoms with Gasteiger partial charge in [0.15, 0.2) is 0 Å². The van der Waals surface area contributed by atoms with Crippen molar-refractivity contribution in [2.75, 3.05) is 21.3 Å². The van der Waals surface area contributed by atoms with E-state index >= 15 is 0 Å². The highest BCUT2D eigenvalue weighted by atomic mass is 16.5. The van der Waals surface area contributed by atoms with Crippen LogP contribution in [0.4, 0.5) is 0 Å². The minimum Gasteiger partial charge on any atom is -0.497 e. The molecule has 0 aliphatic heterocycles. The molecule has 0 aliphatic carbocycles. The number of hydrogen-bond donors (Lipinski definition) is 1. The normalized spacial score (nSPS) is 11.8. The summed E-state index contributed by atoms with van der Waals surface area (Å²) in [5.41, 5.74) is 0.991. The molecule has 0 aromatic heterocycles. The number of benzene rings is 2. The molecule has 4 heteroatoms. The van der Waals surface area contributed by atoms with E-state index in [2.05, 4.69) is 12.2 Å². The Hall–Kier alpha value is -2.20. The first kappa shape index (κ1) is 15.2. The average Bonchev–Trinajstić information content (AvgIpc) is 2.54. The van der Waals surface area contributed by atoms with Crippen LogP contribution in [0.1, 0.15) is 18.5 Å². The zero-order chi connectivity index (χ0) is 15.2. The molecule has 0 aliphatic rings. The summed E-state index contributed by atoms with van der Waals surface area (Å²) in [7, 11) is 5.21. The fraction of sp³-hybridized carbons (Fsp3) is 0.294. The maximum atomic E-state index is 6.02. The van der Waals surface area contributed by atoms with Crippen molar-refractivity contribution < 1.29 is 14.2 Å². The van der Waals surface area contributed by atoms with E-state index in [0.29, 0.717) is 0 Å². The molecule has 1 unspecified atom stereocenters. The molecule has 0 saturated carbocycles. The second kappa shape index (κ2) is 6.99. The molecular formula is C17H21NO3. The molecule has 0 amide bonds. The average molecular weight is 287 g/mol. The van der Waals surface area contributed by atoms with Crippen LogP contribution in [0.25, 0.3) is 0 Å². The molecule has 21 heavy (non-hydrogen) atoms. The second-order valence-corrected chi connectivity index (χ2v) is 4.66. The molecule has 2 aromatic carbocycles. The summed E-state index contributed by atoms with van der Waals surface area (Å²) in [5.74, 6) is 3.06. The van der Waals surface area contributed by atoms with Gasteiger partial charge in [-0.1, -0.05) is 12.1 Å². The Labute approximate surface area is 125 Å². The third-order valence-electron chi connectivity index (χ3n) is 3.38. The maximum Gasteiger partial charge on any atom is 0.135 e. The quantitative estimate of drug-likeness (QED) is 0.877. The van der Waals surface area contributed by atoms with Gasteiger partial charge in [0.05, 0.1) is 19.8 Å². The van der Waals surface area contributed by atoms with E-state index in [4.69, 9.17) is 14.2 Å². The Bertz CT molecular complexity index is 598. The van der Waals surface area contributed by atoms with E-state index in [9.17, 15) is 0 Å². The van der Waals surface area contributed by atoms with Crippen molar-refractivity contribution in [3.8, 4) is 23.0 Å². The highest BCUT2D eigenvalue weighted by Crippen LogP contribution is 2.36. The Balaban J connectivity index is 2.38. The van der Waals surface area contributed by atoms with Gasteiger partial charge in [0.1, 0.15) is 23.0 Å². The third-order valence-corrected chi connectivity index (χ3v) is 3.38. The Morgan fingerprint density at radius 2 is 1.57 bits per heavy atom. The van der Waals surface area contributed by atoms with Crippen molar-refractivity contribution >= 4 is 0 Å². The van der Waals surface area contributed by atoms with Gasteiger partial charge in [0, 0.05) is 12.1 Å². The molecule has 112 valence electrons. The van der Waals surface area contributed by atoms with Crippen molar-refractivity contribution in [2.45, 2.75) is 13.0 Å². The van der Waals surface area contributed by atoms with Crippen LogP contribution < -0.4 is 19.5 Å². The fourth-order valence-electron chi connectivity index (χ4n) is 2.15. The highest BCUT2D eigenvalue weighted by molar-refractivity contribution is 5.49. The predicted molar refractivity (Wildman–Crippen MR) is 83.5 cm³/mol. The number of rotatable bonds is 6. The zero-order valence-electron chi connectivity index (χ0n) is 12.8. The molecule has 1 atom stereocenters. The van der Waals surface area contributed by atoms with Crippen LogP contribution in [0.2, 0.25) is 0 Å². The van der Waals surface area contributed by atoms with Crippen LogP contribution in [0, 0.1) is 0 Å². The first-order valence-corrected chi connectivity index (χ1v) is 6.85. The van der Waals surface area contributed by atoms with Gasteiger partial charge < -0.3 is 19.5 Å². The summed E-state index contributed by atoms with van der Waals surface area (Å²) < 4.78 is 16.7. The summed E-state index contributed by atoms with van der Waals surface area (Å²) in [6.45, 7) is 2.07. The third kappa shape index (κ3) is 3.47. The maximum absolute atomic E-state index is 6.02. The minimum atomic E-state index is 0.113. The Morgan fingerprint density at radius 3 is 2.24 bits per heavy atom. The van der Waals surface area contributed by atoms with Gasteiger partial charge in [-0.25, -0.2) is 0 Å². The van der Waals surface area contributed by atoms with E-state index in [1.807, 2.05) is 49.5 Å². The Morgan fingerprint density at radius 1 is 0.905 bits per heavy atom. The van der Waals surface area contributed by atoms with Crippen LogP contribution in [0.15, 0.2) is 42.5 Å². The monoisotopic (exact) mass is 287 g/mol. The molecule has 0 saturated heterocycles. The standard InChI is InChI=1S/C17H21NO3/c1-12(18-2)17-15(20-4)9-6-10-16(17)21-14-8-5-7-13(11-14)19-3/h5-12,18H,1-4H3. The molecule has 2 aromatic rings. The largest absolute Gasteiger partial charge is 0.497 e. The lowest BCUT2D eigenvalue weighted by Crippen LogP contribution is -2.14. The topological polar surface area (TPSA) is 39.7 Å². The van der Waals surface area contributed by atoms with E-state index < -0.39 is 0 Å². The number of ether oxygens (including phenoxy) is 3. The van der Waals surface area contributed by atoms with Gasteiger partial charge in [-0.15, -0.1) is 0 Å². The fourth-order valence-corrected chi connectivity index (χ4v) is 2.15. The van der Waals surface area contributed by atoms with Crippen LogP contribution in [-0.4, -0.2) is 21.3 Å². The molecule has 2 rings (SSSR count). The van der Waals surface area contributed by atoms with Crippen LogP contribution in [0.5, 0.6) is 23.0 Å². The van der Waals surface area contributed by atoms with Crippen molar-refractivity contribution in [3.63, 3.8) is 0 Å². The minimum absolute atomic E-state index is 0.113. The van der Waals surface area contributed by atoms with Gasteiger partial charge in [0.25, 0.3) is 0 Å². The number of nitrogens with one attached hydrogen (secondary N) is 1. The van der Waals surface area contributed by atoms with E-state index in [0.717, 1.165) is 28.6 Å². The van der Waals surface area contributed by atoms with E-state index in [1.54, 1.807) is 14.2 Å². The molecule has 0 fully saturated rings. The van der Waals surface area contributed by atoms with E-state index in [1.165, 1.54) is 0 Å². The summed E-state index contributed by atoms with van der Waals surface area (Å²) in [6, 6.07) is 13.4. The summed E-state index contributed by atoms with van der Waals surface area (Å²) >= 11 is 0. The summed E-state index contributed by atoms with van der Waals surface area (Å²) in [6.07, 6.45) is 0. The van der Waals surface area contributed by atoms with Crippen molar-refractivity contribution in [3.05, 3.63) is 48.0 Å².